The maximum atomic E-state index is 5.53. The Bertz CT molecular complexity index is 798. The van der Waals surface area contributed by atoms with Gasteiger partial charge in [0.25, 0.3) is 0 Å². The lowest BCUT2D eigenvalue weighted by Gasteiger charge is -2.33. The van der Waals surface area contributed by atoms with E-state index in [1.807, 2.05) is 24.1 Å². The standard InChI is InChI=1S/C16H19N7O/c1-22-11-17-9-12(22)10-23-8-3-2-5-13(23)16-20-15(21-24-16)14-18-6-4-7-19-14/h4,6-7,9,11,13H,2-3,5,8,10H2,1H3. The average Bonchev–Trinajstić information content (AvgIpc) is 3.26. The molecule has 124 valence electrons. The van der Waals surface area contributed by atoms with Crippen LogP contribution >= 0.6 is 0 Å². The Kier molecular flexibility index (Phi) is 4.04. The third-order valence-corrected chi connectivity index (χ3v) is 4.39. The number of aryl methyl sites for hydroxylation is 1. The highest BCUT2D eigenvalue weighted by atomic mass is 16.5. The van der Waals surface area contributed by atoms with E-state index in [-0.39, 0.29) is 6.04 Å². The molecule has 1 atom stereocenters. The van der Waals surface area contributed by atoms with Crippen molar-refractivity contribution in [1.82, 2.24) is 34.6 Å². The molecule has 1 saturated heterocycles. The molecule has 0 spiro atoms. The molecule has 3 aromatic heterocycles. The van der Waals surface area contributed by atoms with E-state index in [1.165, 1.54) is 12.1 Å². The number of likely N-dealkylation sites (tertiary alicyclic amines) is 1. The van der Waals surface area contributed by atoms with E-state index in [2.05, 4.69) is 30.0 Å². The summed E-state index contributed by atoms with van der Waals surface area (Å²) in [6, 6.07) is 1.89. The molecule has 0 amide bonds. The largest absolute Gasteiger partial charge is 0.337 e. The third kappa shape index (κ3) is 2.92. The van der Waals surface area contributed by atoms with Gasteiger partial charge in [0.05, 0.1) is 18.1 Å². The summed E-state index contributed by atoms with van der Waals surface area (Å²) >= 11 is 0. The Morgan fingerprint density at radius 1 is 1.21 bits per heavy atom. The molecule has 0 bridgehead atoms. The van der Waals surface area contributed by atoms with Crippen molar-refractivity contribution < 1.29 is 4.52 Å². The highest BCUT2D eigenvalue weighted by molar-refractivity contribution is 5.40. The zero-order valence-electron chi connectivity index (χ0n) is 13.5. The summed E-state index contributed by atoms with van der Waals surface area (Å²) in [4.78, 5) is 19.5. The van der Waals surface area contributed by atoms with Crippen LogP contribution in [0.1, 0.15) is 36.9 Å². The first-order valence-electron chi connectivity index (χ1n) is 8.11. The Morgan fingerprint density at radius 2 is 2.08 bits per heavy atom. The van der Waals surface area contributed by atoms with Gasteiger partial charge in [0.1, 0.15) is 0 Å². The summed E-state index contributed by atoms with van der Waals surface area (Å²) in [5.41, 5.74) is 1.17. The lowest BCUT2D eigenvalue weighted by Crippen LogP contribution is -2.33. The lowest BCUT2D eigenvalue weighted by atomic mass is 10.0. The van der Waals surface area contributed by atoms with Crippen LogP contribution in [0.2, 0.25) is 0 Å². The molecule has 24 heavy (non-hydrogen) atoms. The minimum Gasteiger partial charge on any atom is -0.337 e. The third-order valence-electron chi connectivity index (χ3n) is 4.39. The maximum Gasteiger partial charge on any atom is 0.244 e. The van der Waals surface area contributed by atoms with E-state index < -0.39 is 0 Å². The number of hydrogen-bond acceptors (Lipinski definition) is 7. The fourth-order valence-electron chi connectivity index (χ4n) is 3.08. The SMILES string of the molecule is Cn1cncc1CN1CCCCC1c1nc(-c2ncccn2)no1. The molecule has 0 N–H and O–H groups in total. The van der Waals surface area contributed by atoms with Crippen LogP contribution in [0, 0.1) is 0 Å². The maximum absolute atomic E-state index is 5.53. The fraction of sp³-hybridized carbons (Fsp3) is 0.438. The first kappa shape index (κ1) is 14.9. The van der Waals surface area contributed by atoms with Crippen molar-refractivity contribution >= 4 is 0 Å². The number of nitrogens with zero attached hydrogens (tertiary/aromatic N) is 7. The molecular formula is C16H19N7O. The second-order valence-electron chi connectivity index (χ2n) is 6.01. The van der Waals surface area contributed by atoms with Gasteiger partial charge in [-0.3, -0.25) is 4.90 Å². The van der Waals surface area contributed by atoms with E-state index in [0.717, 1.165) is 25.9 Å². The van der Waals surface area contributed by atoms with Crippen LogP contribution in [0.3, 0.4) is 0 Å². The van der Waals surface area contributed by atoms with Gasteiger partial charge in [-0.25, -0.2) is 15.0 Å². The van der Waals surface area contributed by atoms with Crippen molar-refractivity contribution in [1.29, 1.82) is 0 Å². The zero-order chi connectivity index (χ0) is 16.4. The minimum atomic E-state index is 0.124. The molecule has 4 heterocycles. The van der Waals surface area contributed by atoms with Crippen molar-refractivity contribution in [2.45, 2.75) is 31.8 Å². The van der Waals surface area contributed by atoms with Crippen LogP contribution in [-0.2, 0) is 13.6 Å². The van der Waals surface area contributed by atoms with E-state index in [1.54, 1.807) is 18.5 Å². The molecule has 8 nitrogen and oxygen atoms in total. The summed E-state index contributed by atoms with van der Waals surface area (Å²) in [5.74, 6) is 1.57. The highest BCUT2D eigenvalue weighted by Gasteiger charge is 2.29. The van der Waals surface area contributed by atoms with Crippen LogP contribution in [0.15, 0.2) is 35.5 Å². The van der Waals surface area contributed by atoms with E-state index in [0.29, 0.717) is 17.5 Å². The molecule has 0 aliphatic carbocycles. The predicted molar refractivity (Wildman–Crippen MR) is 85.5 cm³/mol. The minimum absolute atomic E-state index is 0.124. The van der Waals surface area contributed by atoms with Crippen molar-refractivity contribution in [2.75, 3.05) is 6.54 Å². The highest BCUT2D eigenvalue weighted by Crippen LogP contribution is 2.31. The van der Waals surface area contributed by atoms with Crippen molar-refractivity contribution in [3.05, 3.63) is 42.6 Å². The van der Waals surface area contributed by atoms with Crippen LogP contribution in [-0.4, -0.2) is 41.1 Å². The first-order valence-corrected chi connectivity index (χ1v) is 8.11. The summed E-state index contributed by atoms with van der Waals surface area (Å²) in [5, 5.41) is 4.06. The molecular weight excluding hydrogens is 306 g/mol. The van der Waals surface area contributed by atoms with Crippen molar-refractivity contribution in [2.24, 2.45) is 7.05 Å². The molecule has 1 unspecified atom stereocenters. The van der Waals surface area contributed by atoms with Gasteiger partial charge in [0.15, 0.2) is 0 Å². The first-order chi connectivity index (χ1) is 11.8. The topological polar surface area (TPSA) is 85.8 Å². The summed E-state index contributed by atoms with van der Waals surface area (Å²) in [7, 11) is 2.01. The van der Waals surface area contributed by atoms with Gasteiger partial charge < -0.3 is 9.09 Å². The van der Waals surface area contributed by atoms with Gasteiger partial charge in [0.2, 0.25) is 17.5 Å². The molecule has 4 rings (SSSR count). The van der Waals surface area contributed by atoms with Crippen LogP contribution in [0.4, 0.5) is 0 Å². The molecule has 0 saturated carbocycles. The van der Waals surface area contributed by atoms with Gasteiger partial charge in [-0.1, -0.05) is 11.6 Å². The summed E-state index contributed by atoms with van der Waals surface area (Å²) < 4.78 is 7.58. The smallest absolute Gasteiger partial charge is 0.244 e. The second-order valence-corrected chi connectivity index (χ2v) is 6.01. The molecule has 1 aliphatic rings. The zero-order valence-corrected chi connectivity index (χ0v) is 13.5. The van der Waals surface area contributed by atoms with Crippen molar-refractivity contribution in [3.63, 3.8) is 0 Å². The fourth-order valence-corrected chi connectivity index (χ4v) is 3.08. The number of imidazole rings is 1. The molecule has 8 heteroatoms. The quantitative estimate of drug-likeness (QED) is 0.725. The van der Waals surface area contributed by atoms with Crippen LogP contribution in [0.25, 0.3) is 11.6 Å². The Hall–Kier alpha value is -2.61. The van der Waals surface area contributed by atoms with Gasteiger partial charge >= 0.3 is 0 Å². The van der Waals surface area contributed by atoms with E-state index in [9.17, 15) is 0 Å². The number of piperidine rings is 1. The molecule has 3 aromatic rings. The number of hydrogen-bond donors (Lipinski definition) is 0. The molecule has 1 aliphatic heterocycles. The Balaban J connectivity index is 1.57. The lowest BCUT2D eigenvalue weighted by molar-refractivity contribution is 0.109. The van der Waals surface area contributed by atoms with Crippen LogP contribution < -0.4 is 0 Å². The van der Waals surface area contributed by atoms with Gasteiger partial charge in [0, 0.05) is 32.2 Å². The Morgan fingerprint density at radius 3 is 2.88 bits per heavy atom. The number of rotatable bonds is 4. The van der Waals surface area contributed by atoms with Crippen molar-refractivity contribution in [3.8, 4) is 11.6 Å². The molecule has 0 aromatic carbocycles. The van der Waals surface area contributed by atoms with Gasteiger partial charge in [-0.2, -0.15) is 4.98 Å². The van der Waals surface area contributed by atoms with Gasteiger partial charge in [-0.15, -0.1) is 0 Å². The van der Waals surface area contributed by atoms with Crippen LogP contribution in [0.5, 0.6) is 0 Å². The monoisotopic (exact) mass is 325 g/mol. The normalized spacial score (nSPS) is 18.8. The van der Waals surface area contributed by atoms with Gasteiger partial charge in [-0.05, 0) is 25.5 Å². The summed E-state index contributed by atoms with van der Waals surface area (Å²) in [6.07, 6.45) is 10.4. The summed E-state index contributed by atoms with van der Waals surface area (Å²) in [6.45, 7) is 1.83. The number of aromatic nitrogens is 6. The average molecular weight is 325 g/mol. The Labute approximate surface area is 139 Å². The second kappa shape index (κ2) is 6.48. The predicted octanol–water partition coefficient (Wildman–Crippen LogP) is 1.99. The van der Waals surface area contributed by atoms with E-state index in [4.69, 9.17) is 4.52 Å². The molecule has 1 fully saturated rings. The van der Waals surface area contributed by atoms with E-state index >= 15 is 0 Å². The molecule has 0 radical (unpaired) electrons.